The normalized spacial score (nSPS) is 10.2. The van der Waals surface area contributed by atoms with E-state index in [0.717, 1.165) is 53.1 Å². The van der Waals surface area contributed by atoms with E-state index in [2.05, 4.69) is 253 Å². The molecule has 0 atom stereocenters. The Hall–Kier alpha value is -4.55. The first kappa shape index (κ1) is 75.5. The molecule has 0 saturated carbocycles. The molecule has 0 amide bonds. The summed E-state index contributed by atoms with van der Waals surface area (Å²) in [4.78, 5) is 29.2. The molecule has 0 aliphatic heterocycles. The average Bonchev–Trinajstić information content (AvgIpc) is 1.71. The van der Waals surface area contributed by atoms with Crippen LogP contribution in [0.15, 0.2) is 256 Å². The maximum atomic E-state index is 8.58. The van der Waals surface area contributed by atoms with Gasteiger partial charge in [-0.25, -0.2) is 24.3 Å². The summed E-state index contributed by atoms with van der Waals surface area (Å²) in [5, 5.41) is 36.0. The second kappa shape index (κ2) is 40.6. The number of carbonyl (C=O) groups excluding carboxylic acids is 1. The number of hydrogen-bond acceptors (Lipinski definition) is 13. The van der Waals surface area contributed by atoms with Gasteiger partial charge in [-0.2, -0.15) is 10.2 Å². The molecule has 8 heterocycles. The minimum Gasteiger partial charge on any atom is -0.0622 e. The van der Waals surface area contributed by atoms with Crippen molar-refractivity contribution in [2.24, 2.45) is 0 Å². The van der Waals surface area contributed by atoms with Gasteiger partial charge in [0.05, 0.1) is 17.3 Å². The molecule has 0 aliphatic carbocycles. The van der Waals surface area contributed by atoms with Crippen LogP contribution in [-0.4, -0.2) is 123 Å². The molecule has 6 aromatic carbocycles. The Morgan fingerprint density at radius 1 is 0.527 bits per heavy atom. The van der Waals surface area contributed by atoms with Gasteiger partial charge >= 0.3 is 42.7 Å². The zero-order valence-corrected chi connectivity index (χ0v) is 63.1. The molecule has 14 aromatic rings. The molecule has 91 heavy (non-hydrogen) atoms. The molecule has 453 valence electrons. The average molecular weight is 1580 g/mol. The van der Waals surface area contributed by atoms with Crippen molar-refractivity contribution in [2.45, 2.75) is 13.8 Å². The van der Waals surface area contributed by atoms with Crippen LogP contribution in [0, 0.1) is 17.5 Å². The van der Waals surface area contributed by atoms with Crippen LogP contribution in [0.1, 0.15) is 11.1 Å². The number of pyridine rings is 2. The van der Waals surface area contributed by atoms with Crippen molar-refractivity contribution < 1.29 is 40.6 Å². The predicted octanol–water partition coefficient (Wildman–Crippen LogP) is 14.5. The first-order chi connectivity index (χ1) is 43.5. The van der Waals surface area contributed by atoms with Gasteiger partial charge in [0.2, 0.25) is 0 Å². The number of rotatable bonds is 10. The van der Waals surface area contributed by atoms with Crippen LogP contribution in [-0.2, 0) is 25.6 Å². The topological polar surface area (TPSA) is 162 Å². The minimum absolute atomic E-state index is 0. The Morgan fingerprint density at radius 3 is 1.24 bits per heavy atom. The summed E-state index contributed by atoms with van der Waals surface area (Å²) in [6.45, 7) is 4.80. The third-order valence-electron chi connectivity index (χ3n) is 12.3. The Bertz CT molecular complexity index is 4120. The summed E-state index contributed by atoms with van der Waals surface area (Å²) in [6, 6.07) is 75.8. The number of halogens is 5. The van der Waals surface area contributed by atoms with Gasteiger partial charge in [0.25, 0.3) is 0 Å². The molecule has 8 aromatic heterocycles. The second-order valence-corrected chi connectivity index (χ2v) is 28.9. The van der Waals surface area contributed by atoms with Crippen molar-refractivity contribution in [3.05, 3.63) is 281 Å². The Labute approximate surface area is 622 Å². The van der Waals surface area contributed by atoms with Crippen molar-refractivity contribution in [3.8, 4) is 15.6 Å². The van der Waals surface area contributed by atoms with E-state index in [9.17, 15) is 0 Å². The number of aryl methyl sites for hydroxylation is 2. The quantitative estimate of drug-likeness (QED) is 0.0335. The number of aromatic nitrogens is 8. The first-order valence-corrected chi connectivity index (χ1v) is 36.6. The van der Waals surface area contributed by atoms with Gasteiger partial charge in [-0.05, 0) is 138 Å². The van der Waals surface area contributed by atoms with Crippen LogP contribution in [0.2, 0.25) is 10.3 Å². The molecule has 13 nitrogen and oxygen atoms in total. The van der Waals surface area contributed by atoms with Crippen molar-refractivity contribution >= 4 is 240 Å². The van der Waals surface area contributed by atoms with E-state index in [0.29, 0.717) is 23.1 Å². The van der Waals surface area contributed by atoms with Gasteiger partial charge in [0.1, 0.15) is 19.7 Å². The van der Waals surface area contributed by atoms with Crippen LogP contribution in [0.25, 0.3) is 42.0 Å². The van der Waals surface area contributed by atoms with Crippen LogP contribution in [0.3, 0.4) is 0 Å². The summed E-state index contributed by atoms with van der Waals surface area (Å²) in [6.07, 6.45) is 10.9. The Kier molecular flexibility index (Phi) is 33.7. The number of hydrogen-bond donors (Lipinski definition) is 2. The second-order valence-electron chi connectivity index (χ2n) is 18.1. The molecular formula is C65H50BCl4IN8Na2O5P2PdS2-. The number of fused-ring (bicyclic) bond motifs is 4. The van der Waals surface area contributed by atoms with E-state index in [1.54, 1.807) is 44.9 Å². The minimum atomic E-state index is -0.446. The summed E-state index contributed by atoms with van der Waals surface area (Å²) in [7, 11) is 9.42. The summed E-state index contributed by atoms with van der Waals surface area (Å²) in [5.41, 5.74) is 4.85. The number of thiophene rings is 2. The largest absolute Gasteiger partial charge is 0.0622 e. The van der Waals surface area contributed by atoms with Crippen LogP contribution in [0.4, 0.5) is 0 Å². The molecule has 3 radical (unpaired) electrons. The monoisotopic (exact) mass is 1580 g/mol. The van der Waals surface area contributed by atoms with E-state index >= 15 is 0 Å². The Balaban J connectivity index is 0.000000177. The smallest absolute Gasteiger partial charge is 0 e. The zero-order valence-electron chi connectivity index (χ0n) is 48.9. The molecule has 26 heteroatoms. The van der Waals surface area contributed by atoms with E-state index in [-0.39, 0.29) is 75.1 Å². The molecule has 2 N–H and O–H groups in total. The molecule has 0 spiro atoms. The van der Waals surface area contributed by atoms with E-state index in [4.69, 9.17) is 62.0 Å². The summed E-state index contributed by atoms with van der Waals surface area (Å²) < 4.78 is 11.7. The van der Waals surface area contributed by atoms with Gasteiger partial charge < -0.3 is 19.4 Å². The van der Waals surface area contributed by atoms with E-state index in [1.807, 2.05) is 49.9 Å². The van der Waals surface area contributed by atoms with E-state index < -0.39 is 15.8 Å². The molecule has 0 fully saturated rings. The van der Waals surface area contributed by atoms with Crippen LogP contribution < -0.4 is 36.5 Å². The first-order valence-electron chi connectivity index (χ1n) is 26.4. The third-order valence-corrected chi connectivity index (χ3v) is 20.9. The fourth-order valence-electron chi connectivity index (χ4n) is 8.61. The Morgan fingerprint density at radius 2 is 0.879 bits per heavy atom. The maximum Gasteiger partial charge on any atom is 0 e. The SMILES string of the molecule is Cc1cncc2cc(-c3cnc4ccc(Cl)nn34)sc12.Cc1cncc2cc(O[B]O)sc12.Clc1ccc2ncc(I)n2n1.O=[C-]OO.[Cl][Pd][Cl].[Na].[Na].c1ccc(P(c2ccccc2)c2ccccc2)cc1.c1ccc(P(c2ccccc2)c2ccccc2)cc1. The fraction of sp³-hybridized carbons (Fsp3) is 0.0308. The molecule has 14 rings (SSSR count). The van der Waals surface area contributed by atoms with Crippen LogP contribution >= 0.6 is 103 Å². The van der Waals surface area contributed by atoms with E-state index in [1.165, 1.54) is 53.4 Å². The van der Waals surface area contributed by atoms with Crippen molar-refractivity contribution in [2.75, 3.05) is 0 Å². The summed E-state index contributed by atoms with van der Waals surface area (Å²) in [5.74, 6) is 0. The maximum absolute atomic E-state index is 8.58. The third kappa shape index (κ3) is 22.3. The molecule has 0 aliphatic rings. The number of nitrogens with zero attached hydrogens (tertiary/aromatic N) is 8. The number of benzene rings is 6. The van der Waals surface area contributed by atoms with Gasteiger partial charge in [-0.15, -0.1) is 22.7 Å². The predicted molar refractivity (Wildman–Crippen MR) is 388 cm³/mol. The molecule has 0 unspecified atom stereocenters. The van der Waals surface area contributed by atoms with Gasteiger partial charge in [0, 0.05) is 104 Å². The molecule has 0 bridgehead atoms. The standard InChI is InChI=1S/2C18H15P.C14H9ClN4S.C8H7BNO2S.C6H3ClIN3.CHO3.2ClH.2Na.Pd/c2*1-4-10-16(11-5-1)19(17-12-6-2-7-13-17)18-14-8-3-9-15-18;1-8-5-16-6-9-4-11(20-14(8)9)10-7-17-13-3-2-12(15)18-19(10)13;1-5-3-10-4-6-2-7(12-9-11)13-8(5)6;7-4-1-2-6-9-3-5(8)11(6)10-4;2-1-4-3;;;;;/h2*1-15H;2-7H,1H3;2-4,11H,1H3;1-3H;3H;2*1H;;;/q;;;;;-1;;;;;+2/p-2. The number of imidazole rings is 2. The molecular weight excluding hydrogens is 1530 g/mol. The summed E-state index contributed by atoms with van der Waals surface area (Å²) >= 11 is 16.9. The van der Waals surface area contributed by atoms with Crippen LogP contribution in [0.5, 0.6) is 5.06 Å². The van der Waals surface area contributed by atoms with Crippen molar-refractivity contribution in [3.63, 3.8) is 0 Å². The fourth-order valence-corrected chi connectivity index (χ4v) is 16.0. The molecule has 0 saturated heterocycles. The van der Waals surface area contributed by atoms with Gasteiger partial charge in [0.15, 0.2) is 16.4 Å². The van der Waals surface area contributed by atoms with Crippen molar-refractivity contribution in [1.82, 2.24) is 39.2 Å². The van der Waals surface area contributed by atoms with Gasteiger partial charge in [-0.1, -0.05) is 205 Å². The zero-order chi connectivity index (χ0) is 62.7. The van der Waals surface area contributed by atoms with Gasteiger partial charge in [-0.3, -0.25) is 9.97 Å². The van der Waals surface area contributed by atoms with Crippen molar-refractivity contribution in [1.29, 1.82) is 0 Å².